The standard InChI is InChI=1S/C10H8BrCl2NO3S/c11-9-7(12)3-5(4-8(9)18(13,16)17)10(15)14-6-1-2-6/h3-4,6H,1-2H2,(H,14,15). The number of benzene rings is 1. The van der Waals surface area contributed by atoms with Gasteiger partial charge in [0.15, 0.2) is 0 Å². The van der Waals surface area contributed by atoms with E-state index in [4.69, 9.17) is 22.3 Å². The van der Waals surface area contributed by atoms with Gasteiger partial charge in [-0.2, -0.15) is 0 Å². The highest BCUT2D eigenvalue weighted by molar-refractivity contribution is 9.10. The van der Waals surface area contributed by atoms with Crippen LogP contribution in [-0.4, -0.2) is 20.4 Å². The van der Waals surface area contributed by atoms with Crippen molar-refractivity contribution in [3.63, 3.8) is 0 Å². The molecule has 0 aromatic heterocycles. The van der Waals surface area contributed by atoms with Crippen molar-refractivity contribution in [3.8, 4) is 0 Å². The van der Waals surface area contributed by atoms with Crippen LogP contribution in [0.2, 0.25) is 5.02 Å². The van der Waals surface area contributed by atoms with E-state index in [1.807, 2.05) is 0 Å². The first kappa shape index (κ1) is 14.1. The van der Waals surface area contributed by atoms with Crippen molar-refractivity contribution in [1.29, 1.82) is 0 Å². The summed E-state index contributed by atoms with van der Waals surface area (Å²) in [4.78, 5) is 11.6. The summed E-state index contributed by atoms with van der Waals surface area (Å²) in [5.41, 5.74) is 0.175. The molecule has 0 heterocycles. The van der Waals surface area contributed by atoms with Crippen molar-refractivity contribution in [2.24, 2.45) is 0 Å². The minimum Gasteiger partial charge on any atom is -0.349 e. The van der Waals surface area contributed by atoms with Crippen LogP contribution in [0.25, 0.3) is 0 Å². The van der Waals surface area contributed by atoms with Gasteiger partial charge in [-0.25, -0.2) is 8.42 Å². The molecule has 0 aliphatic heterocycles. The molecule has 1 aliphatic rings. The molecule has 8 heteroatoms. The van der Waals surface area contributed by atoms with Crippen molar-refractivity contribution < 1.29 is 13.2 Å². The molecule has 98 valence electrons. The zero-order valence-corrected chi connectivity index (χ0v) is 12.8. The Balaban J connectivity index is 2.43. The van der Waals surface area contributed by atoms with Gasteiger partial charge < -0.3 is 5.32 Å². The third-order valence-electron chi connectivity index (χ3n) is 2.43. The van der Waals surface area contributed by atoms with Crippen LogP contribution in [0.4, 0.5) is 0 Å². The molecule has 18 heavy (non-hydrogen) atoms. The van der Waals surface area contributed by atoms with E-state index >= 15 is 0 Å². The number of nitrogens with one attached hydrogen (secondary N) is 1. The molecular weight excluding hydrogens is 365 g/mol. The first-order chi connectivity index (χ1) is 8.29. The second-order valence-corrected chi connectivity index (χ2v) is 7.69. The summed E-state index contributed by atoms with van der Waals surface area (Å²) in [5, 5.41) is 2.87. The van der Waals surface area contributed by atoms with E-state index in [9.17, 15) is 13.2 Å². The minimum atomic E-state index is -3.96. The number of amides is 1. The number of hydrogen-bond donors (Lipinski definition) is 1. The number of hydrogen-bond acceptors (Lipinski definition) is 3. The predicted molar refractivity (Wildman–Crippen MR) is 72.7 cm³/mol. The van der Waals surface area contributed by atoms with Crippen molar-refractivity contribution in [2.45, 2.75) is 23.8 Å². The Hall–Kier alpha value is -0.300. The highest BCUT2D eigenvalue weighted by atomic mass is 79.9. The maximum Gasteiger partial charge on any atom is 0.262 e. The molecule has 0 saturated heterocycles. The third-order valence-corrected chi connectivity index (χ3v) is 5.42. The third kappa shape index (κ3) is 3.17. The van der Waals surface area contributed by atoms with Gasteiger partial charge >= 0.3 is 0 Å². The van der Waals surface area contributed by atoms with E-state index in [0.717, 1.165) is 12.8 Å². The highest BCUT2D eigenvalue weighted by Crippen LogP contribution is 2.33. The molecule has 1 saturated carbocycles. The molecular formula is C10H8BrCl2NO3S. The van der Waals surface area contributed by atoms with Gasteiger partial charge in [0, 0.05) is 22.3 Å². The predicted octanol–water partition coefficient (Wildman–Crippen LogP) is 2.92. The Morgan fingerprint density at radius 3 is 2.50 bits per heavy atom. The average Bonchev–Trinajstić information content (AvgIpc) is 3.03. The van der Waals surface area contributed by atoms with E-state index in [1.165, 1.54) is 12.1 Å². The van der Waals surface area contributed by atoms with Gasteiger partial charge in [-0.3, -0.25) is 4.79 Å². The summed E-state index contributed by atoms with van der Waals surface area (Å²) < 4.78 is 22.9. The van der Waals surface area contributed by atoms with Crippen LogP contribution >= 0.6 is 38.2 Å². The van der Waals surface area contributed by atoms with Gasteiger partial charge in [0.05, 0.1) is 14.4 Å². The zero-order chi connectivity index (χ0) is 13.5. The second kappa shape index (κ2) is 5.00. The van der Waals surface area contributed by atoms with Crippen LogP contribution in [0, 0.1) is 0 Å². The second-order valence-electron chi connectivity index (χ2n) is 3.96. The van der Waals surface area contributed by atoms with Gasteiger partial charge in [-0.1, -0.05) is 11.6 Å². The van der Waals surface area contributed by atoms with Gasteiger partial charge in [0.25, 0.3) is 15.0 Å². The Morgan fingerprint density at radius 2 is 2.00 bits per heavy atom. The SMILES string of the molecule is O=C(NC1CC1)c1cc(Cl)c(Br)c(S(=O)(=O)Cl)c1. The summed E-state index contributed by atoms with van der Waals surface area (Å²) in [6.45, 7) is 0. The number of rotatable bonds is 3. The molecule has 0 radical (unpaired) electrons. The fourth-order valence-corrected chi connectivity index (χ4v) is 3.75. The van der Waals surface area contributed by atoms with Gasteiger partial charge in [-0.05, 0) is 40.9 Å². The normalized spacial score (nSPS) is 15.5. The van der Waals surface area contributed by atoms with Crippen LogP contribution in [0.1, 0.15) is 23.2 Å². The molecule has 1 aliphatic carbocycles. The number of carbonyl (C=O) groups is 1. The first-order valence-corrected chi connectivity index (χ1v) is 8.51. The molecule has 1 N–H and O–H groups in total. The van der Waals surface area contributed by atoms with Gasteiger partial charge in [-0.15, -0.1) is 0 Å². The molecule has 0 spiro atoms. The Labute approximate surface area is 122 Å². The van der Waals surface area contributed by atoms with Crippen LogP contribution < -0.4 is 5.32 Å². The lowest BCUT2D eigenvalue weighted by molar-refractivity contribution is 0.0951. The van der Waals surface area contributed by atoms with E-state index in [0.29, 0.717) is 0 Å². The van der Waals surface area contributed by atoms with Crippen LogP contribution in [0.5, 0.6) is 0 Å². The van der Waals surface area contributed by atoms with Gasteiger partial charge in [0.1, 0.15) is 0 Å². The lowest BCUT2D eigenvalue weighted by Crippen LogP contribution is -2.25. The van der Waals surface area contributed by atoms with E-state index in [2.05, 4.69) is 21.2 Å². The van der Waals surface area contributed by atoms with E-state index in [1.54, 1.807) is 0 Å². The lowest BCUT2D eigenvalue weighted by atomic mass is 10.2. The average molecular weight is 373 g/mol. The van der Waals surface area contributed by atoms with E-state index in [-0.39, 0.29) is 31.9 Å². The smallest absolute Gasteiger partial charge is 0.262 e. The maximum absolute atomic E-state index is 11.8. The molecule has 0 atom stereocenters. The summed E-state index contributed by atoms with van der Waals surface area (Å²) in [5.74, 6) is -0.353. The fraction of sp³-hybridized carbons (Fsp3) is 0.300. The number of carbonyl (C=O) groups excluding carboxylic acids is 1. The number of halogens is 3. The van der Waals surface area contributed by atoms with Crippen molar-refractivity contribution in [3.05, 3.63) is 27.2 Å². The van der Waals surface area contributed by atoms with Crippen molar-refractivity contribution in [1.82, 2.24) is 5.32 Å². The first-order valence-electron chi connectivity index (χ1n) is 5.03. The van der Waals surface area contributed by atoms with Crippen molar-refractivity contribution >= 4 is 53.2 Å². The van der Waals surface area contributed by atoms with Crippen LogP contribution in [-0.2, 0) is 9.05 Å². The maximum atomic E-state index is 11.8. The fourth-order valence-electron chi connectivity index (χ4n) is 1.37. The molecule has 1 fully saturated rings. The summed E-state index contributed by atoms with van der Waals surface area (Å²) in [6, 6.07) is 2.78. The van der Waals surface area contributed by atoms with E-state index < -0.39 is 9.05 Å². The Morgan fingerprint density at radius 1 is 1.39 bits per heavy atom. The summed E-state index contributed by atoms with van der Waals surface area (Å²) >= 11 is 8.91. The molecule has 1 amide bonds. The zero-order valence-electron chi connectivity index (χ0n) is 8.91. The van der Waals surface area contributed by atoms with Crippen LogP contribution in [0.15, 0.2) is 21.5 Å². The van der Waals surface area contributed by atoms with Gasteiger partial charge in [0.2, 0.25) is 0 Å². The molecule has 0 bridgehead atoms. The molecule has 2 rings (SSSR count). The highest BCUT2D eigenvalue weighted by Gasteiger charge is 2.26. The lowest BCUT2D eigenvalue weighted by Gasteiger charge is -2.08. The molecule has 1 aromatic rings. The Kier molecular flexibility index (Phi) is 3.92. The summed E-state index contributed by atoms with van der Waals surface area (Å²) in [6.07, 6.45) is 1.88. The topological polar surface area (TPSA) is 63.2 Å². The quantitative estimate of drug-likeness (QED) is 0.829. The largest absolute Gasteiger partial charge is 0.349 e. The van der Waals surface area contributed by atoms with Crippen LogP contribution in [0.3, 0.4) is 0 Å². The van der Waals surface area contributed by atoms with Crippen molar-refractivity contribution in [2.75, 3.05) is 0 Å². The Bertz CT molecular complexity index is 614. The summed E-state index contributed by atoms with van der Waals surface area (Å²) in [7, 11) is 1.32. The molecule has 1 aromatic carbocycles. The minimum absolute atomic E-state index is 0.123. The molecule has 0 unspecified atom stereocenters. The molecule has 4 nitrogen and oxygen atoms in total. The monoisotopic (exact) mass is 371 g/mol.